The molecule has 0 amide bonds. The van der Waals surface area contributed by atoms with E-state index in [-0.39, 0.29) is 0 Å². The summed E-state index contributed by atoms with van der Waals surface area (Å²) < 4.78 is 4.99. The first-order chi connectivity index (χ1) is 5.79. The average Bonchev–Trinajstić information content (AvgIpc) is 2.09. The van der Waals surface area contributed by atoms with Crippen molar-refractivity contribution in [2.24, 2.45) is 5.16 Å². The number of benzene rings is 1. The Hall–Kier alpha value is -1.22. The van der Waals surface area contributed by atoms with Crippen molar-refractivity contribution >= 4 is 17.8 Å². The Kier molecular flexibility index (Phi) is 2.94. The quantitative estimate of drug-likeness (QED) is 0.436. The van der Waals surface area contributed by atoms with Gasteiger partial charge in [0.2, 0.25) is 0 Å². The number of hydrogen-bond acceptors (Lipinski definition) is 3. The number of nitrogens with zero attached hydrogens (tertiary/aromatic N) is 1. The normalized spacial score (nSPS) is 10.5. The predicted molar refractivity (Wildman–Crippen MR) is 47.4 cm³/mol. The largest absolute Gasteiger partial charge is 0.496 e. The number of hydrogen-bond donors (Lipinski definition) is 1. The van der Waals surface area contributed by atoms with Crippen molar-refractivity contribution in [2.75, 3.05) is 7.11 Å². The summed E-state index contributed by atoms with van der Waals surface area (Å²) in [5.74, 6) is 0.584. The van der Waals surface area contributed by atoms with E-state index in [2.05, 4.69) is 5.16 Å². The lowest BCUT2D eigenvalue weighted by Gasteiger charge is -2.04. The van der Waals surface area contributed by atoms with Gasteiger partial charge in [0, 0.05) is 0 Å². The molecule has 4 heteroatoms. The summed E-state index contributed by atoms with van der Waals surface area (Å²) in [6.45, 7) is 0. The summed E-state index contributed by atoms with van der Waals surface area (Å²) in [6, 6.07) is 5.19. The maximum absolute atomic E-state index is 8.32. The fraction of sp³-hybridized carbons (Fsp3) is 0.125. The molecule has 0 aliphatic carbocycles. The second kappa shape index (κ2) is 3.97. The number of ether oxygens (including phenoxy) is 1. The van der Waals surface area contributed by atoms with Crippen molar-refractivity contribution in [3.05, 3.63) is 28.8 Å². The zero-order valence-electron chi connectivity index (χ0n) is 6.49. The van der Waals surface area contributed by atoms with Crippen molar-refractivity contribution in [1.82, 2.24) is 0 Å². The van der Waals surface area contributed by atoms with E-state index >= 15 is 0 Å². The average molecular weight is 186 g/mol. The van der Waals surface area contributed by atoms with Gasteiger partial charge >= 0.3 is 0 Å². The van der Waals surface area contributed by atoms with Crippen LogP contribution in [0.25, 0.3) is 0 Å². The van der Waals surface area contributed by atoms with Crippen LogP contribution in [-0.2, 0) is 0 Å². The highest BCUT2D eigenvalue weighted by Gasteiger charge is 2.03. The van der Waals surface area contributed by atoms with Crippen LogP contribution in [-0.4, -0.2) is 18.5 Å². The van der Waals surface area contributed by atoms with Gasteiger partial charge in [-0.1, -0.05) is 22.8 Å². The first-order valence-corrected chi connectivity index (χ1v) is 3.67. The molecule has 0 saturated heterocycles. The topological polar surface area (TPSA) is 41.8 Å². The molecule has 0 aliphatic heterocycles. The smallest absolute Gasteiger partial charge is 0.129 e. The van der Waals surface area contributed by atoms with E-state index in [1.807, 2.05) is 0 Å². The predicted octanol–water partition coefficient (Wildman–Crippen LogP) is 2.16. The molecular weight excluding hydrogens is 178 g/mol. The van der Waals surface area contributed by atoms with Gasteiger partial charge in [0.1, 0.15) is 5.75 Å². The van der Waals surface area contributed by atoms with E-state index in [1.165, 1.54) is 13.3 Å². The molecule has 0 fully saturated rings. The van der Waals surface area contributed by atoms with Crippen LogP contribution in [0.15, 0.2) is 23.4 Å². The molecule has 64 valence electrons. The van der Waals surface area contributed by atoms with Gasteiger partial charge in [0.25, 0.3) is 0 Å². The van der Waals surface area contributed by atoms with Crippen LogP contribution in [0.5, 0.6) is 5.75 Å². The fourth-order valence-electron chi connectivity index (χ4n) is 0.878. The van der Waals surface area contributed by atoms with Crippen molar-refractivity contribution < 1.29 is 9.94 Å². The molecule has 3 nitrogen and oxygen atoms in total. The molecule has 1 aromatic carbocycles. The van der Waals surface area contributed by atoms with Gasteiger partial charge < -0.3 is 9.94 Å². The molecule has 0 bridgehead atoms. The number of halogens is 1. The molecule has 1 N–H and O–H groups in total. The monoisotopic (exact) mass is 185 g/mol. The Morgan fingerprint density at radius 3 is 2.92 bits per heavy atom. The molecule has 0 aromatic heterocycles. The maximum Gasteiger partial charge on any atom is 0.129 e. The van der Waals surface area contributed by atoms with Gasteiger partial charge in [-0.2, -0.15) is 0 Å². The summed E-state index contributed by atoms with van der Waals surface area (Å²) in [6.07, 6.45) is 1.24. The highest BCUT2D eigenvalue weighted by Crippen LogP contribution is 2.23. The van der Waals surface area contributed by atoms with E-state index in [9.17, 15) is 0 Å². The molecule has 0 atom stereocenters. The van der Waals surface area contributed by atoms with Crippen LogP contribution in [0, 0.1) is 0 Å². The minimum absolute atomic E-state index is 0.493. The summed E-state index contributed by atoms with van der Waals surface area (Å²) in [5, 5.41) is 11.7. The SMILES string of the molecule is COc1cccc(Cl)c1C=NO. The van der Waals surface area contributed by atoms with E-state index in [0.29, 0.717) is 16.3 Å². The van der Waals surface area contributed by atoms with E-state index < -0.39 is 0 Å². The summed E-state index contributed by atoms with van der Waals surface area (Å²) in [4.78, 5) is 0. The molecule has 0 heterocycles. The lowest BCUT2D eigenvalue weighted by atomic mass is 10.2. The summed E-state index contributed by atoms with van der Waals surface area (Å²) in [5.41, 5.74) is 0.573. The Morgan fingerprint density at radius 2 is 2.33 bits per heavy atom. The molecule has 12 heavy (non-hydrogen) atoms. The molecule has 0 saturated carbocycles. The number of oxime groups is 1. The second-order valence-electron chi connectivity index (χ2n) is 2.10. The van der Waals surface area contributed by atoms with Crippen LogP contribution < -0.4 is 4.74 Å². The van der Waals surface area contributed by atoms with Crippen molar-refractivity contribution in [1.29, 1.82) is 0 Å². The fourth-order valence-corrected chi connectivity index (χ4v) is 1.09. The molecule has 0 radical (unpaired) electrons. The Balaban J connectivity index is 3.19. The summed E-state index contributed by atoms with van der Waals surface area (Å²) >= 11 is 5.80. The van der Waals surface area contributed by atoms with E-state index in [0.717, 1.165) is 0 Å². The maximum atomic E-state index is 8.32. The first kappa shape index (κ1) is 8.87. The second-order valence-corrected chi connectivity index (χ2v) is 2.51. The van der Waals surface area contributed by atoms with E-state index in [1.54, 1.807) is 18.2 Å². The third-order valence-electron chi connectivity index (χ3n) is 1.42. The Bertz CT molecular complexity index is 299. The zero-order chi connectivity index (χ0) is 8.97. The molecular formula is C8H8ClNO2. The highest BCUT2D eigenvalue weighted by molar-refractivity contribution is 6.33. The number of methoxy groups -OCH3 is 1. The van der Waals surface area contributed by atoms with Gasteiger partial charge in [-0.3, -0.25) is 0 Å². The van der Waals surface area contributed by atoms with E-state index in [4.69, 9.17) is 21.5 Å². The van der Waals surface area contributed by atoms with Crippen LogP contribution >= 0.6 is 11.6 Å². The van der Waals surface area contributed by atoms with Gasteiger partial charge in [-0.25, -0.2) is 0 Å². The van der Waals surface area contributed by atoms with Gasteiger partial charge in [0.15, 0.2) is 0 Å². The first-order valence-electron chi connectivity index (χ1n) is 3.29. The highest BCUT2D eigenvalue weighted by atomic mass is 35.5. The lowest BCUT2D eigenvalue weighted by Crippen LogP contribution is -1.91. The van der Waals surface area contributed by atoms with Gasteiger partial charge in [-0.05, 0) is 12.1 Å². The molecule has 1 rings (SSSR count). The van der Waals surface area contributed by atoms with Crippen LogP contribution in [0.4, 0.5) is 0 Å². The van der Waals surface area contributed by atoms with Gasteiger partial charge in [-0.15, -0.1) is 0 Å². The molecule has 0 spiro atoms. The standard InChI is InChI=1S/C8H8ClNO2/c1-12-8-4-2-3-7(9)6(8)5-10-11/h2-5,11H,1H3. The third-order valence-corrected chi connectivity index (χ3v) is 1.75. The lowest BCUT2D eigenvalue weighted by molar-refractivity contribution is 0.321. The summed E-state index contributed by atoms with van der Waals surface area (Å²) in [7, 11) is 1.53. The minimum Gasteiger partial charge on any atom is -0.496 e. The molecule has 0 aliphatic rings. The minimum atomic E-state index is 0.493. The van der Waals surface area contributed by atoms with Crippen LogP contribution in [0.3, 0.4) is 0 Å². The Morgan fingerprint density at radius 1 is 1.58 bits per heavy atom. The van der Waals surface area contributed by atoms with Crippen molar-refractivity contribution in [3.63, 3.8) is 0 Å². The van der Waals surface area contributed by atoms with Crippen molar-refractivity contribution in [3.8, 4) is 5.75 Å². The van der Waals surface area contributed by atoms with Crippen LogP contribution in [0.1, 0.15) is 5.56 Å². The molecule has 0 unspecified atom stereocenters. The number of rotatable bonds is 2. The molecule has 1 aromatic rings. The van der Waals surface area contributed by atoms with Crippen LogP contribution in [0.2, 0.25) is 5.02 Å². The zero-order valence-corrected chi connectivity index (χ0v) is 7.25. The van der Waals surface area contributed by atoms with Crippen molar-refractivity contribution in [2.45, 2.75) is 0 Å². The Labute approximate surface area is 75.2 Å². The third kappa shape index (κ3) is 1.68. The van der Waals surface area contributed by atoms with Gasteiger partial charge in [0.05, 0.1) is 23.9 Å².